The fourth-order valence-corrected chi connectivity index (χ4v) is 1.58. The van der Waals surface area contributed by atoms with Crippen LogP contribution in [-0.2, 0) is 9.47 Å². The molecule has 0 saturated carbocycles. The third-order valence-electron chi connectivity index (χ3n) is 2.70. The Morgan fingerprint density at radius 2 is 1.75 bits per heavy atom. The zero-order valence-electron chi connectivity index (χ0n) is 12.0. The summed E-state index contributed by atoms with van der Waals surface area (Å²) in [5, 5.41) is 2.74. The van der Waals surface area contributed by atoms with E-state index >= 15 is 0 Å². The van der Waals surface area contributed by atoms with E-state index in [2.05, 4.69) is 5.32 Å². The maximum atomic E-state index is 12.0. The molecule has 0 aromatic heterocycles. The summed E-state index contributed by atoms with van der Waals surface area (Å²) in [5.74, 6) is 0. The lowest BCUT2D eigenvalue weighted by Gasteiger charge is -2.21. The molecular formula is C15H22N2O3. The second-order valence-electron chi connectivity index (χ2n) is 4.17. The first-order valence-corrected chi connectivity index (χ1v) is 6.53. The highest BCUT2D eigenvalue weighted by molar-refractivity contribution is 5.76. The van der Waals surface area contributed by atoms with Gasteiger partial charge < -0.3 is 19.7 Å². The summed E-state index contributed by atoms with van der Waals surface area (Å²) in [4.78, 5) is 13.7. The van der Waals surface area contributed by atoms with E-state index in [0.717, 1.165) is 5.56 Å². The Morgan fingerprint density at radius 1 is 1.15 bits per heavy atom. The molecule has 5 nitrogen and oxygen atoms in total. The summed E-state index contributed by atoms with van der Waals surface area (Å²) < 4.78 is 9.99. The minimum atomic E-state index is -0.161. The molecule has 1 rings (SSSR count). The standard InChI is InChI=1S/C15H22N2O3/c1-19-12-10-17(11-13-20-2)15(18)16-9-8-14-6-4-3-5-7-14/h3-9H,10-13H2,1-2H3,(H,16,18)/b9-8+. The van der Waals surface area contributed by atoms with Crippen LogP contribution in [0.4, 0.5) is 4.79 Å². The Bertz CT molecular complexity index is 399. The van der Waals surface area contributed by atoms with Crippen LogP contribution in [0.25, 0.3) is 6.08 Å². The zero-order chi connectivity index (χ0) is 14.6. The predicted molar refractivity (Wildman–Crippen MR) is 79.3 cm³/mol. The third kappa shape index (κ3) is 6.36. The van der Waals surface area contributed by atoms with Gasteiger partial charge in [-0.2, -0.15) is 0 Å². The van der Waals surface area contributed by atoms with Gasteiger partial charge in [0, 0.05) is 33.5 Å². The number of carbonyl (C=O) groups is 1. The van der Waals surface area contributed by atoms with Gasteiger partial charge in [-0.3, -0.25) is 0 Å². The number of ether oxygens (including phenoxy) is 2. The predicted octanol–water partition coefficient (Wildman–Crippen LogP) is 1.96. The van der Waals surface area contributed by atoms with E-state index in [0.29, 0.717) is 26.3 Å². The van der Waals surface area contributed by atoms with Crippen molar-refractivity contribution in [1.29, 1.82) is 0 Å². The molecule has 1 aromatic rings. The fraction of sp³-hybridized carbons (Fsp3) is 0.400. The third-order valence-corrected chi connectivity index (χ3v) is 2.70. The average Bonchev–Trinajstić information content (AvgIpc) is 2.48. The SMILES string of the molecule is COCCN(CCOC)C(=O)N/C=C/c1ccccc1. The first kappa shape index (κ1) is 16.2. The topological polar surface area (TPSA) is 50.8 Å². The number of hydrogen-bond donors (Lipinski definition) is 1. The molecule has 0 radical (unpaired) electrons. The lowest BCUT2D eigenvalue weighted by molar-refractivity contribution is 0.124. The van der Waals surface area contributed by atoms with Crippen LogP contribution in [0.15, 0.2) is 36.5 Å². The number of hydrogen-bond acceptors (Lipinski definition) is 3. The smallest absolute Gasteiger partial charge is 0.321 e. The number of amides is 2. The van der Waals surface area contributed by atoms with E-state index in [-0.39, 0.29) is 6.03 Å². The summed E-state index contributed by atoms with van der Waals surface area (Å²) in [7, 11) is 3.23. The van der Waals surface area contributed by atoms with Crippen molar-refractivity contribution < 1.29 is 14.3 Å². The van der Waals surface area contributed by atoms with Crippen molar-refractivity contribution in [3.8, 4) is 0 Å². The van der Waals surface area contributed by atoms with Crippen molar-refractivity contribution in [2.75, 3.05) is 40.5 Å². The van der Waals surface area contributed by atoms with Crippen LogP contribution in [0.5, 0.6) is 0 Å². The van der Waals surface area contributed by atoms with Crippen molar-refractivity contribution in [1.82, 2.24) is 10.2 Å². The van der Waals surface area contributed by atoms with Crippen molar-refractivity contribution in [3.63, 3.8) is 0 Å². The number of urea groups is 1. The Balaban J connectivity index is 2.46. The molecule has 0 heterocycles. The Labute approximate surface area is 120 Å². The Morgan fingerprint density at radius 3 is 2.30 bits per heavy atom. The number of methoxy groups -OCH3 is 2. The van der Waals surface area contributed by atoms with Crippen LogP contribution in [0, 0.1) is 0 Å². The molecule has 0 bridgehead atoms. The summed E-state index contributed by atoms with van der Waals surface area (Å²) in [6, 6.07) is 9.63. The number of nitrogens with zero attached hydrogens (tertiary/aromatic N) is 1. The van der Waals surface area contributed by atoms with Crippen LogP contribution >= 0.6 is 0 Å². The van der Waals surface area contributed by atoms with Gasteiger partial charge in [0.05, 0.1) is 13.2 Å². The van der Waals surface area contributed by atoms with Gasteiger partial charge in [0.1, 0.15) is 0 Å². The molecule has 0 saturated heterocycles. The van der Waals surface area contributed by atoms with Gasteiger partial charge in [-0.05, 0) is 11.6 Å². The van der Waals surface area contributed by atoms with Crippen LogP contribution in [-0.4, -0.2) is 51.5 Å². The van der Waals surface area contributed by atoms with Crippen molar-refractivity contribution in [2.45, 2.75) is 0 Å². The summed E-state index contributed by atoms with van der Waals surface area (Å²) in [6.07, 6.45) is 3.49. The monoisotopic (exact) mass is 278 g/mol. The van der Waals surface area contributed by atoms with Crippen LogP contribution in [0.2, 0.25) is 0 Å². The molecule has 110 valence electrons. The van der Waals surface area contributed by atoms with Gasteiger partial charge >= 0.3 is 6.03 Å². The van der Waals surface area contributed by atoms with E-state index in [1.807, 2.05) is 36.4 Å². The first-order valence-electron chi connectivity index (χ1n) is 6.53. The molecular weight excluding hydrogens is 256 g/mol. The van der Waals surface area contributed by atoms with Crippen LogP contribution in [0.1, 0.15) is 5.56 Å². The zero-order valence-corrected chi connectivity index (χ0v) is 12.0. The Hall–Kier alpha value is -1.85. The summed E-state index contributed by atoms with van der Waals surface area (Å²) in [5.41, 5.74) is 1.04. The van der Waals surface area contributed by atoms with E-state index < -0.39 is 0 Å². The molecule has 0 fully saturated rings. The first-order chi connectivity index (χ1) is 9.77. The van der Waals surface area contributed by atoms with Crippen molar-refractivity contribution >= 4 is 12.1 Å². The largest absolute Gasteiger partial charge is 0.383 e. The normalized spacial score (nSPS) is 10.7. The molecule has 0 atom stereocenters. The van der Waals surface area contributed by atoms with Crippen molar-refractivity contribution in [3.05, 3.63) is 42.1 Å². The van der Waals surface area contributed by atoms with Gasteiger partial charge in [-0.15, -0.1) is 0 Å². The number of benzene rings is 1. The fourth-order valence-electron chi connectivity index (χ4n) is 1.58. The number of carbonyl (C=O) groups excluding carboxylic acids is 1. The molecule has 1 aromatic carbocycles. The lowest BCUT2D eigenvalue weighted by Crippen LogP contribution is -2.41. The van der Waals surface area contributed by atoms with Gasteiger partial charge in [0.2, 0.25) is 0 Å². The Kier molecular flexibility index (Phi) is 8.10. The molecule has 1 N–H and O–H groups in total. The number of nitrogens with one attached hydrogen (secondary N) is 1. The molecule has 0 aliphatic carbocycles. The summed E-state index contributed by atoms with van der Waals surface area (Å²) >= 11 is 0. The highest BCUT2D eigenvalue weighted by Crippen LogP contribution is 2.00. The van der Waals surface area contributed by atoms with Gasteiger partial charge in [0.15, 0.2) is 0 Å². The second kappa shape index (κ2) is 10.00. The van der Waals surface area contributed by atoms with E-state index in [1.165, 1.54) is 0 Å². The molecule has 5 heteroatoms. The second-order valence-corrected chi connectivity index (χ2v) is 4.17. The minimum absolute atomic E-state index is 0.161. The van der Waals surface area contributed by atoms with Crippen LogP contribution < -0.4 is 5.32 Å². The highest BCUT2D eigenvalue weighted by atomic mass is 16.5. The highest BCUT2D eigenvalue weighted by Gasteiger charge is 2.10. The molecule has 0 spiro atoms. The molecule has 0 aliphatic rings. The molecule has 2 amide bonds. The van der Waals surface area contributed by atoms with Gasteiger partial charge in [-0.1, -0.05) is 30.3 Å². The molecule has 0 aliphatic heterocycles. The lowest BCUT2D eigenvalue weighted by atomic mass is 10.2. The maximum absolute atomic E-state index is 12.0. The van der Waals surface area contributed by atoms with E-state index in [9.17, 15) is 4.79 Å². The van der Waals surface area contributed by atoms with Crippen LogP contribution in [0.3, 0.4) is 0 Å². The average molecular weight is 278 g/mol. The van der Waals surface area contributed by atoms with E-state index in [1.54, 1.807) is 25.3 Å². The number of rotatable bonds is 8. The summed E-state index contributed by atoms with van der Waals surface area (Å²) in [6.45, 7) is 2.06. The maximum Gasteiger partial charge on any atom is 0.321 e. The molecule has 20 heavy (non-hydrogen) atoms. The van der Waals surface area contributed by atoms with Crippen molar-refractivity contribution in [2.24, 2.45) is 0 Å². The van der Waals surface area contributed by atoms with E-state index in [4.69, 9.17) is 9.47 Å². The molecule has 0 unspecified atom stereocenters. The van der Waals surface area contributed by atoms with Gasteiger partial charge in [-0.25, -0.2) is 4.79 Å². The van der Waals surface area contributed by atoms with Gasteiger partial charge in [0.25, 0.3) is 0 Å². The quantitative estimate of drug-likeness (QED) is 0.791. The minimum Gasteiger partial charge on any atom is -0.383 e.